The molecule has 2 N–H and O–H groups in total. The van der Waals surface area contributed by atoms with Crippen LogP contribution < -0.4 is 10.2 Å². The number of nitrogens with one attached hydrogen (secondary N) is 1. The number of anilines is 1. The second kappa shape index (κ2) is 9.12. The van der Waals surface area contributed by atoms with E-state index in [4.69, 9.17) is 0 Å². The smallest absolute Gasteiger partial charge is 0.247 e. The molecule has 0 aromatic heterocycles. The van der Waals surface area contributed by atoms with Gasteiger partial charge in [0.05, 0.1) is 12.0 Å². The van der Waals surface area contributed by atoms with Crippen LogP contribution in [0.25, 0.3) is 0 Å². The standard InChI is InChI=1S/C25H29N3O4/c1-18(30)19-7-9-21(10-8-19)27-13-15-28(16-14-27)23(31)22(17-29)26-24(32)25(11-12-25)20-5-3-2-4-6-20/h2-10,22,29H,11-17H2,1H3,(H,26,32). The van der Waals surface area contributed by atoms with Gasteiger partial charge in [0.15, 0.2) is 5.78 Å². The summed E-state index contributed by atoms with van der Waals surface area (Å²) < 4.78 is 0. The van der Waals surface area contributed by atoms with E-state index in [1.807, 2.05) is 54.6 Å². The van der Waals surface area contributed by atoms with Crippen LogP contribution in [-0.2, 0) is 15.0 Å². The summed E-state index contributed by atoms with van der Waals surface area (Å²) >= 11 is 0. The molecule has 2 amide bonds. The van der Waals surface area contributed by atoms with Crippen molar-refractivity contribution >= 4 is 23.3 Å². The Kier molecular flexibility index (Phi) is 6.28. The third-order valence-corrected chi connectivity index (χ3v) is 6.53. The fourth-order valence-electron chi connectivity index (χ4n) is 4.32. The predicted octanol–water partition coefficient (Wildman–Crippen LogP) is 1.75. The third-order valence-electron chi connectivity index (χ3n) is 6.53. The van der Waals surface area contributed by atoms with Gasteiger partial charge in [0.2, 0.25) is 11.8 Å². The maximum atomic E-state index is 13.0. The Hall–Kier alpha value is -3.19. The van der Waals surface area contributed by atoms with Gasteiger partial charge in [-0.15, -0.1) is 0 Å². The molecule has 1 aliphatic carbocycles. The second-order valence-electron chi connectivity index (χ2n) is 8.57. The Labute approximate surface area is 188 Å². The number of nitrogens with zero attached hydrogens (tertiary/aromatic N) is 2. The van der Waals surface area contributed by atoms with Crippen LogP contribution in [0.1, 0.15) is 35.7 Å². The number of ketones is 1. The van der Waals surface area contributed by atoms with Gasteiger partial charge < -0.3 is 20.2 Å². The van der Waals surface area contributed by atoms with Crippen LogP contribution in [0.15, 0.2) is 54.6 Å². The summed E-state index contributed by atoms with van der Waals surface area (Å²) in [4.78, 5) is 41.3. The highest BCUT2D eigenvalue weighted by Gasteiger charge is 2.52. The van der Waals surface area contributed by atoms with Crippen molar-refractivity contribution in [1.82, 2.24) is 10.2 Å². The molecule has 1 unspecified atom stereocenters. The number of Topliss-reactive ketones (excluding diaryl/α,β-unsaturated/α-hetero) is 1. The lowest BCUT2D eigenvalue weighted by Crippen LogP contribution is -2.57. The maximum Gasteiger partial charge on any atom is 0.247 e. The minimum Gasteiger partial charge on any atom is -0.394 e. The van der Waals surface area contributed by atoms with E-state index in [9.17, 15) is 19.5 Å². The summed E-state index contributed by atoms with van der Waals surface area (Å²) in [7, 11) is 0. The molecule has 2 aromatic carbocycles. The summed E-state index contributed by atoms with van der Waals surface area (Å²) in [6.45, 7) is 3.41. The van der Waals surface area contributed by atoms with E-state index in [1.165, 1.54) is 0 Å². The molecular formula is C25H29N3O4. The Morgan fingerprint density at radius 1 is 0.969 bits per heavy atom. The number of hydrogen-bond acceptors (Lipinski definition) is 5. The van der Waals surface area contributed by atoms with Gasteiger partial charge in [0.1, 0.15) is 6.04 Å². The molecular weight excluding hydrogens is 406 g/mol. The Balaban J connectivity index is 1.34. The second-order valence-corrected chi connectivity index (χ2v) is 8.57. The van der Waals surface area contributed by atoms with E-state index in [1.54, 1.807) is 11.8 Å². The Morgan fingerprint density at radius 3 is 2.12 bits per heavy atom. The van der Waals surface area contributed by atoms with Crippen LogP contribution in [0.2, 0.25) is 0 Å². The summed E-state index contributed by atoms with van der Waals surface area (Å²) in [5.74, 6) is -0.416. The Morgan fingerprint density at radius 2 is 1.59 bits per heavy atom. The number of piperazine rings is 1. The summed E-state index contributed by atoms with van der Waals surface area (Å²) in [5.41, 5.74) is 2.05. The SMILES string of the molecule is CC(=O)c1ccc(N2CCN(C(=O)C(CO)NC(=O)C3(c4ccccc4)CC3)CC2)cc1. The molecule has 4 rings (SSSR count). The topological polar surface area (TPSA) is 90.0 Å². The molecule has 2 aliphatic rings. The average Bonchev–Trinajstić information content (AvgIpc) is 3.65. The lowest BCUT2D eigenvalue weighted by Gasteiger charge is -2.37. The van der Waals surface area contributed by atoms with Gasteiger partial charge in [-0.25, -0.2) is 0 Å². The normalized spacial score (nSPS) is 18.1. The summed E-state index contributed by atoms with van der Waals surface area (Å²) in [5, 5.41) is 12.6. The molecule has 0 bridgehead atoms. The molecule has 1 atom stereocenters. The molecule has 1 saturated carbocycles. The molecule has 7 nitrogen and oxygen atoms in total. The highest BCUT2D eigenvalue weighted by atomic mass is 16.3. The summed E-state index contributed by atoms with van der Waals surface area (Å²) in [6.07, 6.45) is 1.49. The van der Waals surface area contributed by atoms with Gasteiger partial charge in [-0.05, 0) is 49.6 Å². The van der Waals surface area contributed by atoms with Crippen molar-refractivity contribution in [3.8, 4) is 0 Å². The van der Waals surface area contributed by atoms with Crippen LogP contribution in [0.3, 0.4) is 0 Å². The molecule has 1 aliphatic heterocycles. The fraction of sp³-hybridized carbons (Fsp3) is 0.400. The lowest BCUT2D eigenvalue weighted by molar-refractivity contribution is -0.138. The van der Waals surface area contributed by atoms with Gasteiger partial charge in [-0.1, -0.05) is 30.3 Å². The predicted molar refractivity (Wildman–Crippen MR) is 122 cm³/mol. The van der Waals surface area contributed by atoms with Crippen molar-refractivity contribution in [2.24, 2.45) is 0 Å². The highest BCUT2D eigenvalue weighted by molar-refractivity contribution is 5.95. The van der Waals surface area contributed by atoms with E-state index in [0.717, 1.165) is 24.1 Å². The lowest BCUT2D eigenvalue weighted by atomic mass is 9.94. The number of aliphatic hydroxyl groups excluding tert-OH is 1. The number of carbonyl (C=O) groups is 3. The van der Waals surface area contributed by atoms with Gasteiger partial charge in [0.25, 0.3) is 0 Å². The largest absolute Gasteiger partial charge is 0.394 e. The van der Waals surface area contributed by atoms with Gasteiger partial charge in [-0.2, -0.15) is 0 Å². The van der Waals surface area contributed by atoms with Gasteiger partial charge >= 0.3 is 0 Å². The monoisotopic (exact) mass is 435 g/mol. The molecule has 0 radical (unpaired) electrons. The zero-order valence-corrected chi connectivity index (χ0v) is 18.3. The van der Waals surface area contributed by atoms with E-state index < -0.39 is 18.1 Å². The van der Waals surface area contributed by atoms with E-state index in [2.05, 4.69) is 10.2 Å². The van der Waals surface area contributed by atoms with Crippen molar-refractivity contribution in [2.75, 3.05) is 37.7 Å². The van der Waals surface area contributed by atoms with Crippen molar-refractivity contribution in [1.29, 1.82) is 0 Å². The number of hydrogen-bond donors (Lipinski definition) is 2. The van der Waals surface area contributed by atoms with Crippen LogP contribution in [0.5, 0.6) is 0 Å². The van der Waals surface area contributed by atoms with Crippen LogP contribution in [0, 0.1) is 0 Å². The van der Waals surface area contributed by atoms with Gasteiger partial charge in [-0.3, -0.25) is 14.4 Å². The van der Waals surface area contributed by atoms with Gasteiger partial charge in [0, 0.05) is 37.4 Å². The first-order valence-corrected chi connectivity index (χ1v) is 11.1. The first kappa shape index (κ1) is 22.0. The minimum atomic E-state index is -0.940. The number of aliphatic hydroxyl groups is 1. The maximum absolute atomic E-state index is 13.0. The van der Waals surface area contributed by atoms with Crippen LogP contribution in [0.4, 0.5) is 5.69 Å². The number of amides is 2. The summed E-state index contributed by atoms with van der Waals surface area (Å²) in [6, 6.07) is 16.1. The first-order chi connectivity index (χ1) is 15.4. The zero-order valence-electron chi connectivity index (χ0n) is 18.3. The molecule has 1 heterocycles. The molecule has 168 valence electrons. The van der Waals surface area contributed by atoms with E-state index in [0.29, 0.717) is 31.7 Å². The molecule has 2 fully saturated rings. The number of rotatable bonds is 7. The fourth-order valence-corrected chi connectivity index (χ4v) is 4.32. The molecule has 32 heavy (non-hydrogen) atoms. The number of carbonyl (C=O) groups excluding carboxylic acids is 3. The van der Waals surface area contributed by atoms with Crippen molar-refractivity contribution in [3.63, 3.8) is 0 Å². The van der Waals surface area contributed by atoms with Crippen molar-refractivity contribution in [2.45, 2.75) is 31.2 Å². The number of benzene rings is 2. The van der Waals surface area contributed by atoms with E-state index >= 15 is 0 Å². The van der Waals surface area contributed by atoms with Crippen LogP contribution >= 0.6 is 0 Å². The average molecular weight is 436 g/mol. The van der Waals surface area contributed by atoms with Crippen molar-refractivity contribution in [3.05, 3.63) is 65.7 Å². The molecule has 1 saturated heterocycles. The molecule has 7 heteroatoms. The minimum absolute atomic E-state index is 0.0318. The van der Waals surface area contributed by atoms with E-state index in [-0.39, 0.29) is 17.6 Å². The molecule has 0 spiro atoms. The zero-order chi connectivity index (χ0) is 22.7. The third kappa shape index (κ3) is 4.39. The van der Waals surface area contributed by atoms with Crippen LogP contribution in [-0.4, -0.2) is 66.4 Å². The highest BCUT2D eigenvalue weighted by Crippen LogP contribution is 2.48. The quantitative estimate of drug-likeness (QED) is 0.647. The Bertz CT molecular complexity index is 978. The molecule has 2 aromatic rings. The first-order valence-electron chi connectivity index (χ1n) is 11.1. The van der Waals surface area contributed by atoms with Crippen molar-refractivity contribution < 1.29 is 19.5 Å².